The SMILES string of the molecule is CCn1cc(F)c(=O)nc1Nc1cc(OC)c(OC)cc1C. The maximum absolute atomic E-state index is 13.3. The minimum Gasteiger partial charge on any atom is -0.493 e. The number of benzene rings is 1. The highest BCUT2D eigenvalue weighted by Crippen LogP contribution is 2.33. The Balaban J connectivity index is 2.47. The second-order valence-corrected chi connectivity index (χ2v) is 4.65. The Morgan fingerprint density at radius 2 is 1.91 bits per heavy atom. The van der Waals surface area contributed by atoms with E-state index in [1.54, 1.807) is 19.2 Å². The van der Waals surface area contributed by atoms with Gasteiger partial charge in [0.1, 0.15) is 0 Å². The first-order chi connectivity index (χ1) is 10.5. The van der Waals surface area contributed by atoms with Gasteiger partial charge in [-0.1, -0.05) is 0 Å². The second kappa shape index (κ2) is 6.46. The fourth-order valence-electron chi connectivity index (χ4n) is 2.04. The highest BCUT2D eigenvalue weighted by Gasteiger charge is 2.12. The largest absolute Gasteiger partial charge is 0.493 e. The number of rotatable bonds is 5. The van der Waals surface area contributed by atoms with Crippen molar-refractivity contribution in [1.29, 1.82) is 0 Å². The van der Waals surface area contributed by atoms with Crippen LogP contribution in [0.1, 0.15) is 12.5 Å². The molecule has 0 radical (unpaired) electrons. The van der Waals surface area contributed by atoms with Gasteiger partial charge in [0, 0.05) is 24.5 Å². The predicted molar refractivity (Wildman–Crippen MR) is 81.7 cm³/mol. The summed E-state index contributed by atoms with van der Waals surface area (Å²) in [6, 6.07) is 3.54. The Bertz CT molecular complexity index is 744. The molecular weight excluding hydrogens is 289 g/mol. The van der Waals surface area contributed by atoms with E-state index in [9.17, 15) is 9.18 Å². The van der Waals surface area contributed by atoms with Gasteiger partial charge in [0.05, 0.1) is 14.2 Å². The lowest BCUT2D eigenvalue weighted by molar-refractivity contribution is 0.355. The average molecular weight is 307 g/mol. The van der Waals surface area contributed by atoms with Gasteiger partial charge in [-0.25, -0.2) is 0 Å². The lowest BCUT2D eigenvalue weighted by Crippen LogP contribution is -2.19. The second-order valence-electron chi connectivity index (χ2n) is 4.65. The third kappa shape index (κ3) is 3.03. The molecule has 0 unspecified atom stereocenters. The van der Waals surface area contributed by atoms with Crippen molar-refractivity contribution in [1.82, 2.24) is 9.55 Å². The van der Waals surface area contributed by atoms with Crippen LogP contribution >= 0.6 is 0 Å². The predicted octanol–water partition coefficient (Wildman–Crippen LogP) is 2.47. The van der Waals surface area contributed by atoms with Gasteiger partial charge in [0.15, 0.2) is 11.5 Å². The lowest BCUT2D eigenvalue weighted by Gasteiger charge is -2.16. The van der Waals surface area contributed by atoms with Crippen LogP contribution in [0.2, 0.25) is 0 Å². The molecule has 118 valence electrons. The maximum Gasteiger partial charge on any atom is 0.310 e. The summed E-state index contributed by atoms with van der Waals surface area (Å²) < 4.78 is 25.3. The molecule has 1 N–H and O–H groups in total. The van der Waals surface area contributed by atoms with Crippen molar-refractivity contribution in [2.45, 2.75) is 20.4 Å². The number of nitrogens with zero attached hydrogens (tertiary/aromatic N) is 2. The third-order valence-corrected chi connectivity index (χ3v) is 3.27. The smallest absolute Gasteiger partial charge is 0.310 e. The molecule has 0 atom stereocenters. The maximum atomic E-state index is 13.3. The van der Waals surface area contributed by atoms with Crippen molar-refractivity contribution >= 4 is 11.6 Å². The first kappa shape index (κ1) is 15.8. The van der Waals surface area contributed by atoms with E-state index in [0.29, 0.717) is 23.7 Å². The van der Waals surface area contributed by atoms with Crippen LogP contribution in [0.25, 0.3) is 0 Å². The molecule has 22 heavy (non-hydrogen) atoms. The van der Waals surface area contributed by atoms with Gasteiger partial charge in [-0.3, -0.25) is 4.79 Å². The van der Waals surface area contributed by atoms with Crippen LogP contribution in [0.5, 0.6) is 11.5 Å². The molecule has 0 spiro atoms. The summed E-state index contributed by atoms with van der Waals surface area (Å²) in [4.78, 5) is 15.1. The van der Waals surface area contributed by atoms with E-state index in [0.717, 1.165) is 11.8 Å². The van der Waals surface area contributed by atoms with E-state index >= 15 is 0 Å². The zero-order valence-corrected chi connectivity index (χ0v) is 12.9. The van der Waals surface area contributed by atoms with Gasteiger partial charge in [-0.15, -0.1) is 0 Å². The summed E-state index contributed by atoms with van der Waals surface area (Å²) in [7, 11) is 3.09. The fourth-order valence-corrected chi connectivity index (χ4v) is 2.04. The van der Waals surface area contributed by atoms with Crippen molar-refractivity contribution < 1.29 is 13.9 Å². The highest BCUT2D eigenvalue weighted by molar-refractivity contribution is 5.64. The third-order valence-electron chi connectivity index (χ3n) is 3.27. The Hall–Kier alpha value is -2.57. The minimum atomic E-state index is -0.898. The average Bonchev–Trinajstić information content (AvgIpc) is 2.51. The van der Waals surface area contributed by atoms with Gasteiger partial charge < -0.3 is 19.4 Å². The molecule has 0 aliphatic heterocycles. The molecule has 0 amide bonds. The van der Waals surface area contributed by atoms with E-state index in [1.807, 2.05) is 13.8 Å². The molecule has 7 heteroatoms. The Morgan fingerprint density at radius 3 is 2.50 bits per heavy atom. The first-order valence-corrected chi connectivity index (χ1v) is 6.76. The number of ether oxygens (including phenoxy) is 2. The van der Waals surface area contributed by atoms with Crippen LogP contribution in [0, 0.1) is 12.7 Å². The van der Waals surface area contributed by atoms with Crippen LogP contribution in [0.4, 0.5) is 16.0 Å². The first-order valence-electron chi connectivity index (χ1n) is 6.76. The van der Waals surface area contributed by atoms with E-state index in [2.05, 4.69) is 10.3 Å². The number of aromatic nitrogens is 2. The summed E-state index contributed by atoms with van der Waals surface area (Å²) in [5, 5.41) is 3.04. The molecule has 1 aromatic heterocycles. The number of methoxy groups -OCH3 is 2. The Morgan fingerprint density at radius 1 is 1.27 bits per heavy atom. The van der Waals surface area contributed by atoms with E-state index in [-0.39, 0.29) is 5.95 Å². The van der Waals surface area contributed by atoms with Crippen LogP contribution in [-0.4, -0.2) is 23.8 Å². The van der Waals surface area contributed by atoms with Gasteiger partial charge in [0.25, 0.3) is 0 Å². The molecule has 0 aliphatic rings. The summed E-state index contributed by atoms with van der Waals surface area (Å²) in [5.74, 6) is 0.536. The highest BCUT2D eigenvalue weighted by atomic mass is 19.1. The zero-order chi connectivity index (χ0) is 16.3. The van der Waals surface area contributed by atoms with Crippen molar-refractivity contribution in [2.24, 2.45) is 0 Å². The zero-order valence-electron chi connectivity index (χ0n) is 12.9. The Kier molecular flexibility index (Phi) is 4.65. The van der Waals surface area contributed by atoms with Crippen molar-refractivity contribution in [3.63, 3.8) is 0 Å². The number of aryl methyl sites for hydroxylation is 2. The molecule has 0 saturated carbocycles. The molecule has 2 rings (SSSR count). The van der Waals surface area contributed by atoms with Gasteiger partial charge in [-0.05, 0) is 25.5 Å². The van der Waals surface area contributed by atoms with E-state index < -0.39 is 11.4 Å². The van der Waals surface area contributed by atoms with Crippen molar-refractivity contribution in [3.05, 3.63) is 40.1 Å². The number of hydrogen-bond acceptors (Lipinski definition) is 5. The molecule has 6 nitrogen and oxygen atoms in total. The summed E-state index contributed by atoms with van der Waals surface area (Å²) in [6.45, 7) is 4.18. The molecule has 0 fully saturated rings. The molecule has 0 aliphatic carbocycles. The molecule has 2 aromatic rings. The van der Waals surface area contributed by atoms with Gasteiger partial charge >= 0.3 is 5.56 Å². The number of anilines is 2. The Labute approximate surface area is 127 Å². The molecule has 0 bridgehead atoms. The molecule has 0 saturated heterocycles. The van der Waals surface area contributed by atoms with Crippen LogP contribution in [-0.2, 0) is 6.54 Å². The normalized spacial score (nSPS) is 10.4. The molecular formula is C15H18FN3O3. The van der Waals surface area contributed by atoms with Crippen LogP contribution < -0.4 is 20.3 Å². The molecule has 1 aromatic carbocycles. The minimum absolute atomic E-state index is 0.268. The lowest BCUT2D eigenvalue weighted by atomic mass is 10.1. The standard InChI is InChI=1S/C15H18FN3O3/c1-5-19-8-10(16)14(20)18-15(19)17-11-7-13(22-4)12(21-3)6-9(11)2/h6-8H,5H2,1-4H3,(H,17,18,20). The van der Waals surface area contributed by atoms with E-state index in [4.69, 9.17) is 9.47 Å². The summed E-state index contributed by atoms with van der Waals surface area (Å²) >= 11 is 0. The fraction of sp³-hybridized carbons (Fsp3) is 0.333. The molecule has 1 heterocycles. The number of hydrogen-bond donors (Lipinski definition) is 1. The van der Waals surface area contributed by atoms with Gasteiger partial charge in [-0.2, -0.15) is 9.37 Å². The van der Waals surface area contributed by atoms with Crippen molar-refractivity contribution in [3.8, 4) is 11.5 Å². The number of nitrogens with one attached hydrogen (secondary N) is 1. The monoisotopic (exact) mass is 307 g/mol. The summed E-state index contributed by atoms with van der Waals surface area (Å²) in [6.07, 6.45) is 1.13. The quantitative estimate of drug-likeness (QED) is 0.919. The summed E-state index contributed by atoms with van der Waals surface area (Å²) in [5.41, 5.74) is 0.669. The van der Waals surface area contributed by atoms with Crippen LogP contribution in [0.15, 0.2) is 23.1 Å². The van der Waals surface area contributed by atoms with Crippen molar-refractivity contribution in [2.75, 3.05) is 19.5 Å². The topological polar surface area (TPSA) is 65.4 Å². The van der Waals surface area contributed by atoms with Gasteiger partial charge in [0.2, 0.25) is 11.8 Å². The van der Waals surface area contributed by atoms with E-state index in [1.165, 1.54) is 11.7 Å². The number of halogens is 1. The van der Waals surface area contributed by atoms with Crippen LogP contribution in [0.3, 0.4) is 0 Å².